The predicted molar refractivity (Wildman–Crippen MR) is 92.3 cm³/mol. The van der Waals surface area contributed by atoms with Crippen LogP contribution in [-0.4, -0.2) is 18.2 Å². The number of ether oxygens (including phenoxy) is 1. The van der Waals surface area contributed by atoms with E-state index in [1.54, 1.807) is 4.90 Å². The summed E-state index contributed by atoms with van der Waals surface area (Å²) >= 11 is 2.26. The van der Waals surface area contributed by atoms with E-state index >= 15 is 0 Å². The maximum Gasteiger partial charge on any atom is 0.414 e. The van der Waals surface area contributed by atoms with Crippen LogP contribution in [-0.2, 0) is 4.74 Å². The Bertz CT molecular complexity index is 440. The molecule has 0 radical (unpaired) electrons. The lowest BCUT2D eigenvalue weighted by molar-refractivity contribution is 0.0579. The maximum atomic E-state index is 12.4. The number of unbranched alkanes of at least 4 members (excludes halogenated alkanes) is 2. The van der Waals surface area contributed by atoms with E-state index in [2.05, 4.69) is 29.5 Å². The fraction of sp³-hybridized carbons (Fsp3) is 0.562. The van der Waals surface area contributed by atoms with E-state index < -0.39 is 5.60 Å². The first-order valence-electron chi connectivity index (χ1n) is 7.10. The second-order valence-electron chi connectivity index (χ2n) is 5.79. The number of benzene rings is 1. The van der Waals surface area contributed by atoms with Crippen LogP contribution < -0.4 is 4.90 Å². The van der Waals surface area contributed by atoms with Gasteiger partial charge in [0.15, 0.2) is 0 Å². The van der Waals surface area contributed by atoms with Crippen LogP contribution in [0.25, 0.3) is 0 Å². The third kappa shape index (κ3) is 5.69. The minimum absolute atomic E-state index is 0.266. The topological polar surface area (TPSA) is 29.5 Å². The van der Waals surface area contributed by atoms with E-state index in [9.17, 15) is 4.79 Å². The molecule has 0 aliphatic rings. The van der Waals surface area contributed by atoms with Gasteiger partial charge in [-0.15, -0.1) is 0 Å². The number of halogens is 1. The van der Waals surface area contributed by atoms with Crippen LogP contribution in [0.2, 0.25) is 0 Å². The van der Waals surface area contributed by atoms with Gasteiger partial charge < -0.3 is 4.74 Å². The molecule has 112 valence electrons. The number of hydrogen-bond donors (Lipinski definition) is 0. The second kappa shape index (κ2) is 7.86. The molecule has 1 rings (SSSR count). The van der Waals surface area contributed by atoms with Gasteiger partial charge in [0, 0.05) is 10.1 Å². The molecule has 0 saturated heterocycles. The van der Waals surface area contributed by atoms with Crippen molar-refractivity contribution >= 4 is 34.4 Å². The minimum Gasteiger partial charge on any atom is -0.443 e. The average molecular weight is 389 g/mol. The Morgan fingerprint density at radius 3 is 2.45 bits per heavy atom. The van der Waals surface area contributed by atoms with Gasteiger partial charge in [-0.3, -0.25) is 4.90 Å². The molecule has 0 N–H and O–H groups in total. The summed E-state index contributed by atoms with van der Waals surface area (Å²) in [5, 5.41) is 0. The van der Waals surface area contributed by atoms with E-state index in [1.807, 2.05) is 45.0 Å². The zero-order valence-electron chi connectivity index (χ0n) is 12.8. The largest absolute Gasteiger partial charge is 0.443 e. The average Bonchev–Trinajstić information content (AvgIpc) is 2.34. The number of rotatable bonds is 5. The van der Waals surface area contributed by atoms with Gasteiger partial charge in [-0.05, 0) is 61.9 Å². The fourth-order valence-corrected chi connectivity index (χ4v) is 2.50. The Labute approximate surface area is 135 Å². The highest BCUT2D eigenvalue weighted by Crippen LogP contribution is 2.24. The molecule has 0 aliphatic carbocycles. The summed E-state index contributed by atoms with van der Waals surface area (Å²) in [5.41, 5.74) is 0.457. The summed E-state index contributed by atoms with van der Waals surface area (Å²) in [6.45, 7) is 8.54. The van der Waals surface area contributed by atoms with Gasteiger partial charge in [-0.1, -0.05) is 31.9 Å². The van der Waals surface area contributed by atoms with Crippen LogP contribution in [0.15, 0.2) is 24.3 Å². The van der Waals surface area contributed by atoms with E-state index in [0.717, 1.165) is 28.5 Å². The third-order valence-corrected chi connectivity index (χ3v) is 3.65. The molecular formula is C16H24INO2. The second-order valence-corrected chi connectivity index (χ2v) is 6.95. The molecule has 0 saturated carbocycles. The number of amides is 1. The molecule has 0 heterocycles. The van der Waals surface area contributed by atoms with Gasteiger partial charge >= 0.3 is 6.09 Å². The number of hydrogen-bond acceptors (Lipinski definition) is 2. The predicted octanol–water partition coefficient (Wildman–Crippen LogP) is 5.22. The molecule has 1 amide bonds. The number of carbonyl (C=O) groups is 1. The molecule has 3 nitrogen and oxygen atoms in total. The Morgan fingerprint density at radius 2 is 1.90 bits per heavy atom. The highest BCUT2D eigenvalue weighted by Gasteiger charge is 2.24. The quantitative estimate of drug-likeness (QED) is 0.510. The summed E-state index contributed by atoms with van der Waals surface area (Å²) in [6, 6.07) is 7.91. The number of anilines is 1. The lowest BCUT2D eigenvalue weighted by Crippen LogP contribution is -2.38. The highest BCUT2D eigenvalue weighted by atomic mass is 127. The van der Waals surface area contributed by atoms with Crippen LogP contribution in [0.1, 0.15) is 47.0 Å². The SMILES string of the molecule is CCCCCN(C(=O)OC(C)(C)C)c1ccccc1I. The standard InChI is InChI=1S/C16H24INO2/c1-5-6-9-12-18(15(19)20-16(2,3)4)14-11-8-7-10-13(14)17/h7-8,10-11H,5-6,9,12H2,1-4H3. The summed E-state index contributed by atoms with van der Waals surface area (Å²) in [5.74, 6) is 0. The zero-order valence-corrected chi connectivity index (χ0v) is 14.9. The number of nitrogens with zero attached hydrogens (tertiary/aromatic N) is 1. The van der Waals surface area contributed by atoms with Gasteiger partial charge in [0.05, 0.1) is 5.69 Å². The van der Waals surface area contributed by atoms with Crippen molar-refractivity contribution in [2.75, 3.05) is 11.4 Å². The van der Waals surface area contributed by atoms with Crippen LogP contribution in [0.5, 0.6) is 0 Å². The van der Waals surface area contributed by atoms with E-state index in [0.29, 0.717) is 6.54 Å². The molecule has 0 unspecified atom stereocenters. The molecular weight excluding hydrogens is 365 g/mol. The summed E-state index contributed by atoms with van der Waals surface area (Å²) in [6.07, 6.45) is 2.97. The lowest BCUT2D eigenvalue weighted by atomic mass is 10.2. The zero-order chi connectivity index (χ0) is 15.2. The Hall–Kier alpha value is -0.780. The van der Waals surface area contributed by atoms with Crippen molar-refractivity contribution in [1.29, 1.82) is 0 Å². The molecule has 20 heavy (non-hydrogen) atoms. The Balaban J connectivity index is 2.90. The van der Waals surface area contributed by atoms with Gasteiger partial charge in [-0.2, -0.15) is 0 Å². The van der Waals surface area contributed by atoms with Crippen LogP contribution >= 0.6 is 22.6 Å². The minimum atomic E-state index is -0.472. The van der Waals surface area contributed by atoms with E-state index in [1.165, 1.54) is 0 Å². The summed E-state index contributed by atoms with van der Waals surface area (Å²) < 4.78 is 6.59. The molecule has 0 atom stereocenters. The first-order chi connectivity index (χ1) is 9.35. The molecule has 4 heteroatoms. The first kappa shape index (κ1) is 17.3. The van der Waals surface area contributed by atoms with Crippen LogP contribution in [0, 0.1) is 3.57 Å². The Kier molecular flexibility index (Phi) is 6.79. The maximum absolute atomic E-state index is 12.4. The van der Waals surface area contributed by atoms with Crippen molar-refractivity contribution < 1.29 is 9.53 Å². The lowest BCUT2D eigenvalue weighted by Gasteiger charge is -2.28. The van der Waals surface area contributed by atoms with Gasteiger partial charge in [0.2, 0.25) is 0 Å². The first-order valence-corrected chi connectivity index (χ1v) is 8.18. The third-order valence-electron chi connectivity index (χ3n) is 2.74. The Morgan fingerprint density at radius 1 is 1.25 bits per heavy atom. The highest BCUT2D eigenvalue weighted by molar-refractivity contribution is 14.1. The molecule has 1 aromatic rings. The van der Waals surface area contributed by atoms with Crippen molar-refractivity contribution in [3.05, 3.63) is 27.8 Å². The van der Waals surface area contributed by atoms with E-state index in [-0.39, 0.29) is 6.09 Å². The fourth-order valence-electron chi connectivity index (χ4n) is 1.82. The van der Waals surface area contributed by atoms with Gasteiger partial charge in [-0.25, -0.2) is 4.79 Å². The normalized spacial score (nSPS) is 11.2. The van der Waals surface area contributed by atoms with Crippen molar-refractivity contribution in [2.45, 2.75) is 52.6 Å². The van der Waals surface area contributed by atoms with Gasteiger partial charge in [0.1, 0.15) is 5.60 Å². The van der Waals surface area contributed by atoms with Crippen LogP contribution in [0.3, 0.4) is 0 Å². The molecule has 0 bridgehead atoms. The van der Waals surface area contributed by atoms with Crippen molar-refractivity contribution in [2.24, 2.45) is 0 Å². The van der Waals surface area contributed by atoms with Crippen molar-refractivity contribution in [3.63, 3.8) is 0 Å². The molecule has 0 aliphatic heterocycles. The monoisotopic (exact) mass is 389 g/mol. The summed E-state index contributed by atoms with van der Waals surface area (Å²) in [7, 11) is 0. The van der Waals surface area contributed by atoms with E-state index in [4.69, 9.17) is 4.74 Å². The van der Waals surface area contributed by atoms with Crippen molar-refractivity contribution in [1.82, 2.24) is 0 Å². The molecule has 1 aromatic carbocycles. The number of carbonyl (C=O) groups excluding carboxylic acids is 1. The smallest absolute Gasteiger partial charge is 0.414 e. The van der Waals surface area contributed by atoms with Crippen LogP contribution in [0.4, 0.5) is 10.5 Å². The van der Waals surface area contributed by atoms with Gasteiger partial charge in [0.25, 0.3) is 0 Å². The molecule has 0 fully saturated rings. The summed E-state index contributed by atoms with van der Waals surface area (Å²) in [4.78, 5) is 14.2. The number of para-hydroxylation sites is 1. The molecule has 0 spiro atoms. The van der Waals surface area contributed by atoms with Crippen molar-refractivity contribution in [3.8, 4) is 0 Å². The molecule has 0 aromatic heterocycles.